The summed E-state index contributed by atoms with van der Waals surface area (Å²) in [5.74, 6) is 0.892. The number of anilines is 1. The lowest BCUT2D eigenvalue weighted by Crippen LogP contribution is -2.17. The van der Waals surface area contributed by atoms with Crippen molar-refractivity contribution in [3.63, 3.8) is 0 Å². The predicted molar refractivity (Wildman–Crippen MR) is 104 cm³/mol. The standard InChI is InChI=1S/C17H23N3O6S2/c1-11-17(12(2)20(18-11)13-7-8-27(21,22)10-13)28(23,24)19-15-6-5-14(25-3)9-16(15)26-4/h5-6,9,13,19H,7-8,10H2,1-4H3. The Morgan fingerprint density at radius 2 is 1.93 bits per heavy atom. The van der Waals surface area contributed by atoms with Gasteiger partial charge in [-0.1, -0.05) is 0 Å². The molecule has 3 rings (SSSR count). The molecule has 1 fully saturated rings. The van der Waals surface area contributed by atoms with Crippen LogP contribution < -0.4 is 14.2 Å². The van der Waals surface area contributed by atoms with Gasteiger partial charge in [-0.2, -0.15) is 5.10 Å². The van der Waals surface area contributed by atoms with Crippen LogP contribution in [0.15, 0.2) is 23.1 Å². The van der Waals surface area contributed by atoms with Crippen molar-refractivity contribution in [3.8, 4) is 11.5 Å². The number of nitrogens with one attached hydrogen (secondary N) is 1. The fourth-order valence-electron chi connectivity index (χ4n) is 3.44. The molecule has 1 atom stereocenters. The molecule has 1 aromatic heterocycles. The number of ether oxygens (including phenoxy) is 2. The van der Waals surface area contributed by atoms with E-state index in [0.717, 1.165) is 0 Å². The number of hydrogen-bond donors (Lipinski definition) is 1. The largest absolute Gasteiger partial charge is 0.497 e. The van der Waals surface area contributed by atoms with Crippen LogP contribution in [0.4, 0.5) is 5.69 Å². The minimum absolute atomic E-state index is 0.0336. The molecule has 2 aromatic rings. The lowest BCUT2D eigenvalue weighted by atomic mass is 10.2. The second-order valence-electron chi connectivity index (χ2n) is 6.67. The van der Waals surface area contributed by atoms with Gasteiger partial charge < -0.3 is 9.47 Å². The Bertz CT molecular complexity index is 1110. The van der Waals surface area contributed by atoms with Gasteiger partial charge in [-0.05, 0) is 32.4 Å². The normalized spacial score (nSPS) is 18.8. The summed E-state index contributed by atoms with van der Waals surface area (Å²) < 4.78 is 64.1. The van der Waals surface area contributed by atoms with E-state index in [4.69, 9.17) is 9.47 Å². The Balaban J connectivity index is 1.97. The molecule has 0 spiro atoms. The van der Waals surface area contributed by atoms with Crippen molar-refractivity contribution in [2.45, 2.75) is 31.2 Å². The molecule has 1 aromatic carbocycles. The summed E-state index contributed by atoms with van der Waals surface area (Å²) in [6, 6.07) is 4.38. The Morgan fingerprint density at radius 3 is 2.50 bits per heavy atom. The van der Waals surface area contributed by atoms with Crippen LogP contribution in [0.3, 0.4) is 0 Å². The summed E-state index contributed by atoms with van der Waals surface area (Å²) in [6.45, 7) is 3.22. The monoisotopic (exact) mass is 429 g/mol. The van der Waals surface area contributed by atoms with E-state index in [1.165, 1.54) is 18.9 Å². The third kappa shape index (κ3) is 3.81. The maximum atomic E-state index is 13.1. The zero-order valence-electron chi connectivity index (χ0n) is 16.1. The van der Waals surface area contributed by atoms with Crippen molar-refractivity contribution in [1.29, 1.82) is 0 Å². The van der Waals surface area contributed by atoms with Gasteiger partial charge in [0.2, 0.25) is 0 Å². The maximum Gasteiger partial charge on any atom is 0.265 e. The van der Waals surface area contributed by atoms with Crippen molar-refractivity contribution >= 4 is 25.5 Å². The second-order valence-corrected chi connectivity index (χ2v) is 10.5. The summed E-state index contributed by atoms with van der Waals surface area (Å²) in [7, 11) is -4.15. The smallest absolute Gasteiger partial charge is 0.265 e. The molecule has 154 valence electrons. The van der Waals surface area contributed by atoms with Crippen LogP contribution in [0.25, 0.3) is 0 Å². The number of benzene rings is 1. The van der Waals surface area contributed by atoms with E-state index in [2.05, 4.69) is 9.82 Å². The van der Waals surface area contributed by atoms with Gasteiger partial charge in [0.1, 0.15) is 16.4 Å². The average Bonchev–Trinajstić information content (AvgIpc) is 3.13. The number of sulfonamides is 1. The molecule has 28 heavy (non-hydrogen) atoms. The first kappa shape index (κ1) is 20.5. The molecule has 0 aliphatic carbocycles. The molecule has 0 saturated carbocycles. The van der Waals surface area contributed by atoms with Crippen LogP contribution in [-0.2, 0) is 19.9 Å². The molecule has 1 N–H and O–H groups in total. The molecule has 9 nitrogen and oxygen atoms in total. The number of aromatic nitrogens is 2. The molecular formula is C17H23N3O6S2. The van der Waals surface area contributed by atoms with Gasteiger partial charge in [-0.25, -0.2) is 16.8 Å². The molecule has 1 saturated heterocycles. The van der Waals surface area contributed by atoms with Crippen LogP contribution in [0, 0.1) is 13.8 Å². The van der Waals surface area contributed by atoms with Crippen LogP contribution in [0.1, 0.15) is 23.9 Å². The fraction of sp³-hybridized carbons (Fsp3) is 0.471. The van der Waals surface area contributed by atoms with Crippen molar-refractivity contribution in [1.82, 2.24) is 9.78 Å². The summed E-state index contributed by atoms with van der Waals surface area (Å²) in [5.41, 5.74) is 0.972. The highest BCUT2D eigenvalue weighted by Gasteiger charge is 2.34. The summed E-state index contributed by atoms with van der Waals surface area (Å²) >= 11 is 0. The molecule has 0 radical (unpaired) electrons. The van der Waals surface area contributed by atoms with Crippen LogP contribution >= 0.6 is 0 Å². The van der Waals surface area contributed by atoms with Crippen molar-refractivity contribution in [2.24, 2.45) is 0 Å². The third-order valence-electron chi connectivity index (χ3n) is 4.73. The predicted octanol–water partition coefficient (Wildman–Crippen LogP) is 1.68. The molecule has 1 unspecified atom stereocenters. The zero-order chi connectivity index (χ0) is 20.7. The highest BCUT2D eigenvalue weighted by atomic mass is 32.2. The molecule has 0 bridgehead atoms. The number of rotatable bonds is 6. The lowest BCUT2D eigenvalue weighted by Gasteiger charge is -2.14. The molecule has 11 heteroatoms. The molecular weight excluding hydrogens is 406 g/mol. The highest BCUT2D eigenvalue weighted by Crippen LogP contribution is 2.33. The number of aryl methyl sites for hydroxylation is 1. The number of methoxy groups -OCH3 is 2. The first-order chi connectivity index (χ1) is 13.1. The highest BCUT2D eigenvalue weighted by molar-refractivity contribution is 7.93. The van der Waals surface area contributed by atoms with Gasteiger partial charge in [0, 0.05) is 6.07 Å². The van der Waals surface area contributed by atoms with E-state index in [1.807, 2.05) is 0 Å². The van der Waals surface area contributed by atoms with Gasteiger partial charge in [-0.3, -0.25) is 9.40 Å². The van der Waals surface area contributed by atoms with Gasteiger partial charge in [-0.15, -0.1) is 0 Å². The third-order valence-corrected chi connectivity index (χ3v) is 8.10. The second kappa shape index (κ2) is 7.28. The zero-order valence-corrected chi connectivity index (χ0v) is 17.7. The van der Waals surface area contributed by atoms with E-state index in [9.17, 15) is 16.8 Å². The Morgan fingerprint density at radius 1 is 1.21 bits per heavy atom. The lowest BCUT2D eigenvalue weighted by molar-refractivity contribution is 0.395. The van der Waals surface area contributed by atoms with E-state index >= 15 is 0 Å². The van der Waals surface area contributed by atoms with E-state index < -0.39 is 19.9 Å². The molecule has 1 aliphatic rings. The van der Waals surface area contributed by atoms with Gasteiger partial charge >= 0.3 is 0 Å². The van der Waals surface area contributed by atoms with Crippen LogP contribution in [-0.4, -0.2) is 52.3 Å². The Labute approximate surface area is 164 Å². The van der Waals surface area contributed by atoms with Crippen molar-refractivity contribution in [3.05, 3.63) is 29.6 Å². The maximum absolute atomic E-state index is 13.1. The van der Waals surface area contributed by atoms with Gasteiger partial charge in [0.15, 0.2) is 9.84 Å². The van der Waals surface area contributed by atoms with Crippen LogP contribution in [0.5, 0.6) is 11.5 Å². The van der Waals surface area contributed by atoms with Crippen molar-refractivity contribution < 1.29 is 26.3 Å². The summed E-state index contributed by atoms with van der Waals surface area (Å²) in [6.07, 6.45) is 0.420. The van der Waals surface area contributed by atoms with E-state index in [1.54, 1.807) is 32.0 Å². The average molecular weight is 430 g/mol. The summed E-state index contributed by atoms with van der Waals surface area (Å²) in [4.78, 5) is 0.0367. The minimum atomic E-state index is -3.97. The number of hydrogen-bond acceptors (Lipinski definition) is 7. The van der Waals surface area contributed by atoms with Gasteiger partial charge in [0.25, 0.3) is 10.0 Å². The number of sulfone groups is 1. The van der Waals surface area contributed by atoms with Crippen molar-refractivity contribution in [2.75, 3.05) is 30.4 Å². The van der Waals surface area contributed by atoms with Crippen LogP contribution in [0.2, 0.25) is 0 Å². The fourth-order valence-corrected chi connectivity index (χ4v) is 6.60. The quantitative estimate of drug-likeness (QED) is 0.742. The SMILES string of the molecule is COc1ccc(NS(=O)(=O)c2c(C)nn(C3CCS(=O)(=O)C3)c2C)c(OC)c1. The summed E-state index contributed by atoms with van der Waals surface area (Å²) in [5, 5.41) is 4.32. The minimum Gasteiger partial charge on any atom is -0.497 e. The number of nitrogens with zero attached hydrogens (tertiary/aromatic N) is 2. The molecule has 0 amide bonds. The molecule has 1 aliphatic heterocycles. The van der Waals surface area contributed by atoms with E-state index in [-0.39, 0.29) is 28.1 Å². The van der Waals surface area contributed by atoms with E-state index in [0.29, 0.717) is 29.3 Å². The topological polar surface area (TPSA) is 117 Å². The Kier molecular flexibility index (Phi) is 5.32. The van der Waals surface area contributed by atoms with Gasteiger partial charge in [0.05, 0.1) is 48.8 Å². The Hall–Kier alpha value is -2.27. The first-order valence-corrected chi connectivity index (χ1v) is 11.9. The first-order valence-electron chi connectivity index (χ1n) is 8.59. The molecule has 2 heterocycles.